The molecule has 1 aliphatic rings. The number of cyclic esters (lactones) is 1. The van der Waals surface area contributed by atoms with E-state index in [0.717, 1.165) is 18.2 Å². The zero-order chi connectivity index (χ0) is 18.1. The second kappa shape index (κ2) is 6.08. The van der Waals surface area contributed by atoms with Gasteiger partial charge in [-0.1, -0.05) is 17.4 Å². The normalized spacial score (nSPS) is 17.0. The highest BCUT2D eigenvalue weighted by atomic mass is 32.1. The summed E-state index contributed by atoms with van der Waals surface area (Å²) < 4.78 is 5.01. The van der Waals surface area contributed by atoms with E-state index in [9.17, 15) is 25.0 Å². The molecule has 0 saturated carbocycles. The molecule has 126 valence electrons. The largest absolute Gasteiger partial charge is 0.406 e. The fourth-order valence-electron chi connectivity index (χ4n) is 2.00. The van der Waals surface area contributed by atoms with Crippen LogP contribution in [0.2, 0.25) is 0 Å². The molecule has 0 fully saturated rings. The number of nitrogens with zero attached hydrogens (tertiary/aromatic N) is 6. The van der Waals surface area contributed by atoms with E-state index in [2.05, 4.69) is 25.6 Å². The van der Waals surface area contributed by atoms with Crippen LogP contribution in [0.5, 0.6) is 0 Å². The van der Waals surface area contributed by atoms with Crippen molar-refractivity contribution in [2.75, 3.05) is 0 Å². The number of nitrogens with one attached hydrogen (secondary N) is 1. The van der Waals surface area contributed by atoms with Gasteiger partial charge in [-0.05, 0) is 0 Å². The second-order valence-corrected chi connectivity index (χ2v) is 5.05. The van der Waals surface area contributed by atoms with Crippen molar-refractivity contribution in [3.63, 3.8) is 0 Å². The minimum Gasteiger partial charge on any atom is -0.406 e. The van der Waals surface area contributed by atoms with Crippen molar-refractivity contribution in [2.45, 2.75) is 5.92 Å². The zero-order valence-electron chi connectivity index (χ0n) is 11.9. The van der Waals surface area contributed by atoms with Crippen molar-refractivity contribution in [1.29, 1.82) is 0 Å². The highest BCUT2D eigenvalue weighted by molar-refractivity contribution is 7.80. The average molecular weight is 363 g/mol. The lowest BCUT2D eigenvalue weighted by Gasteiger charge is -2.18. The van der Waals surface area contributed by atoms with Crippen LogP contribution in [0.25, 0.3) is 0 Å². The van der Waals surface area contributed by atoms with Crippen molar-refractivity contribution in [2.24, 2.45) is 4.99 Å². The number of carbonyl (C=O) groups excluding carboxylic acids is 1. The Bertz CT molecular complexity index is 908. The Morgan fingerprint density at radius 2 is 1.80 bits per heavy atom. The fourth-order valence-corrected chi connectivity index (χ4v) is 2.29. The number of benzene rings is 1. The van der Waals surface area contributed by atoms with Crippen LogP contribution in [0.15, 0.2) is 23.2 Å². The third-order valence-corrected chi connectivity index (χ3v) is 3.41. The molecule has 0 aliphatic carbocycles. The summed E-state index contributed by atoms with van der Waals surface area (Å²) in [7, 11) is 0. The smallest absolute Gasteiger partial charge is 0.330 e. The predicted octanol–water partition coefficient (Wildman–Crippen LogP) is 0.431. The van der Waals surface area contributed by atoms with Gasteiger partial charge in [0.25, 0.3) is 11.4 Å². The van der Waals surface area contributed by atoms with Crippen LogP contribution < -0.4 is 0 Å². The van der Waals surface area contributed by atoms with Crippen LogP contribution >= 0.6 is 12.2 Å². The number of aromatic amines is 1. The summed E-state index contributed by atoms with van der Waals surface area (Å²) in [5, 5.41) is 34.6. The van der Waals surface area contributed by atoms with Gasteiger partial charge in [-0.25, -0.2) is 4.99 Å². The molecule has 1 unspecified atom stereocenters. The number of aromatic nitrogens is 4. The van der Waals surface area contributed by atoms with Crippen molar-refractivity contribution in [1.82, 2.24) is 20.6 Å². The van der Waals surface area contributed by atoms with Crippen molar-refractivity contribution in [3.05, 3.63) is 49.8 Å². The number of non-ortho nitro benzene ring substituents is 2. The molecule has 2 heterocycles. The van der Waals surface area contributed by atoms with E-state index < -0.39 is 33.1 Å². The van der Waals surface area contributed by atoms with Gasteiger partial charge in [0.15, 0.2) is 11.7 Å². The van der Waals surface area contributed by atoms with E-state index in [0.29, 0.717) is 0 Å². The molecule has 14 heteroatoms. The van der Waals surface area contributed by atoms with Gasteiger partial charge >= 0.3 is 5.97 Å². The molecule has 25 heavy (non-hydrogen) atoms. The number of aliphatic imine (C=N–C) groups is 1. The Hall–Kier alpha value is -3.68. The Morgan fingerprint density at radius 3 is 2.28 bits per heavy atom. The van der Waals surface area contributed by atoms with Crippen molar-refractivity contribution >= 4 is 40.4 Å². The summed E-state index contributed by atoms with van der Waals surface area (Å²) in [6.45, 7) is 0. The number of nitro groups is 2. The van der Waals surface area contributed by atoms with Crippen LogP contribution in [-0.4, -0.2) is 47.3 Å². The quantitative estimate of drug-likeness (QED) is 0.346. The molecule has 0 radical (unpaired) electrons. The molecule has 1 aromatic heterocycles. The molecule has 0 saturated heterocycles. The number of hydrogen-bond donors (Lipinski definition) is 1. The zero-order valence-corrected chi connectivity index (χ0v) is 12.7. The molecule has 1 aliphatic heterocycles. The number of esters is 1. The Balaban J connectivity index is 2.04. The average Bonchev–Trinajstić information content (AvgIpc) is 3.07. The van der Waals surface area contributed by atoms with Crippen LogP contribution in [-0.2, 0) is 9.53 Å². The summed E-state index contributed by atoms with van der Waals surface area (Å²) >= 11 is 5.02. The maximum absolute atomic E-state index is 12.1. The molecular formula is C11H5N7O6S. The minimum absolute atomic E-state index is 0.0529. The van der Waals surface area contributed by atoms with Crippen LogP contribution in [0.3, 0.4) is 0 Å². The van der Waals surface area contributed by atoms with E-state index in [-0.39, 0.29) is 22.3 Å². The number of H-pyrrole nitrogens is 1. The van der Waals surface area contributed by atoms with Gasteiger partial charge in [0.05, 0.1) is 21.5 Å². The number of hydrogen-bond acceptors (Lipinski definition) is 10. The minimum atomic E-state index is -1.17. The van der Waals surface area contributed by atoms with Crippen LogP contribution in [0.4, 0.5) is 11.4 Å². The lowest BCUT2D eigenvalue weighted by atomic mass is 10.1. The first kappa shape index (κ1) is 16.2. The Morgan fingerprint density at radius 1 is 1.16 bits per heavy atom. The fraction of sp³-hybridized carbons (Fsp3) is 0.0909. The SMILES string of the molecule is O=C1OC(c2cc([N+](=O)[O-])cc([N+](=O)[O-])c2)=NC(=S)C1c1nn[nH]n1. The Kier molecular flexibility index (Phi) is 3.94. The maximum Gasteiger partial charge on any atom is 0.330 e. The molecule has 0 spiro atoms. The monoisotopic (exact) mass is 363 g/mol. The van der Waals surface area contributed by atoms with Gasteiger partial charge in [-0.3, -0.25) is 25.0 Å². The van der Waals surface area contributed by atoms with Gasteiger partial charge in [0, 0.05) is 12.1 Å². The highest BCUT2D eigenvalue weighted by Crippen LogP contribution is 2.27. The van der Waals surface area contributed by atoms with Gasteiger partial charge in [-0.15, -0.1) is 10.2 Å². The molecular weight excluding hydrogens is 358 g/mol. The van der Waals surface area contributed by atoms with Crippen LogP contribution in [0.1, 0.15) is 17.3 Å². The van der Waals surface area contributed by atoms with Crippen LogP contribution in [0, 0.1) is 20.2 Å². The Labute approximate surface area is 142 Å². The molecule has 0 amide bonds. The summed E-state index contributed by atoms with van der Waals surface area (Å²) in [5.41, 5.74) is -1.26. The molecule has 13 nitrogen and oxygen atoms in total. The second-order valence-electron chi connectivity index (χ2n) is 4.63. The number of tetrazole rings is 1. The number of carbonyl (C=O) groups is 1. The highest BCUT2D eigenvalue weighted by Gasteiger charge is 2.37. The van der Waals surface area contributed by atoms with E-state index >= 15 is 0 Å². The number of nitro benzene ring substituents is 2. The third-order valence-electron chi connectivity index (χ3n) is 3.08. The van der Waals surface area contributed by atoms with Crippen molar-refractivity contribution in [3.8, 4) is 0 Å². The maximum atomic E-state index is 12.1. The lowest BCUT2D eigenvalue weighted by Crippen LogP contribution is -2.31. The summed E-state index contributed by atoms with van der Waals surface area (Å²) in [4.78, 5) is 36.1. The molecule has 0 bridgehead atoms. The number of rotatable bonds is 4. The van der Waals surface area contributed by atoms with Gasteiger partial charge in [-0.2, -0.15) is 5.21 Å². The molecule has 1 aromatic carbocycles. The summed E-state index contributed by atoms with van der Waals surface area (Å²) in [5.74, 6) is -2.50. The molecule has 2 aromatic rings. The third kappa shape index (κ3) is 3.05. The molecule has 1 N–H and O–H groups in total. The first-order valence-electron chi connectivity index (χ1n) is 6.38. The lowest BCUT2D eigenvalue weighted by molar-refractivity contribution is -0.394. The predicted molar refractivity (Wildman–Crippen MR) is 81.9 cm³/mol. The van der Waals surface area contributed by atoms with E-state index in [4.69, 9.17) is 17.0 Å². The van der Waals surface area contributed by atoms with E-state index in [1.807, 2.05) is 0 Å². The van der Waals surface area contributed by atoms with Gasteiger partial charge in [0.1, 0.15) is 4.99 Å². The topological polar surface area (TPSA) is 179 Å². The number of ether oxygens (including phenoxy) is 1. The van der Waals surface area contributed by atoms with Crippen molar-refractivity contribution < 1.29 is 19.4 Å². The first-order valence-corrected chi connectivity index (χ1v) is 6.79. The molecule has 3 rings (SSSR count). The number of thiocarbonyl (C=S) groups is 1. The van der Waals surface area contributed by atoms with E-state index in [1.165, 1.54) is 0 Å². The van der Waals surface area contributed by atoms with Gasteiger partial charge < -0.3 is 4.74 Å². The standard InChI is InChI=1S/C11H5N7O6S/c19-11-7(8-13-15-16-14-8)10(25)12-9(24-11)4-1-5(17(20)21)3-6(2-4)18(22)23/h1-3,7H,(H,13,14,15,16). The molecule has 1 atom stereocenters. The first-order chi connectivity index (χ1) is 11.9. The van der Waals surface area contributed by atoms with E-state index in [1.54, 1.807) is 0 Å². The van der Waals surface area contributed by atoms with Gasteiger partial charge in [0.2, 0.25) is 5.90 Å². The summed E-state index contributed by atoms with van der Waals surface area (Å²) in [6.07, 6.45) is 0. The summed E-state index contributed by atoms with van der Waals surface area (Å²) in [6, 6.07) is 2.74.